The van der Waals surface area contributed by atoms with Crippen LogP contribution in [0.2, 0.25) is 0 Å². The van der Waals surface area contributed by atoms with Gasteiger partial charge in [0.1, 0.15) is 11.6 Å². The maximum absolute atomic E-state index is 14.2. The first kappa shape index (κ1) is 31.2. The fourth-order valence-corrected chi connectivity index (χ4v) is 6.75. The number of amides is 1. The molecule has 0 bridgehead atoms. The molecule has 8 nitrogen and oxygen atoms in total. The number of aryl methyl sites for hydroxylation is 2. The van der Waals surface area contributed by atoms with Gasteiger partial charge in [-0.15, -0.1) is 10.2 Å². The zero-order chi connectivity index (χ0) is 31.4. The summed E-state index contributed by atoms with van der Waals surface area (Å²) in [5.74, 6) is -1.02. The third-order valence-corrected chi connectivity index (χ3v) is 9.37. The Morgan fingerprint density at radius 3 is 2.61 bits per heavy atom. The quantitative estimate of drug-likeness (QED) is 0.0455. The Balaban J connectivity index is 1.59. The summed E-state index contributed by atoms with van der Waals surface area (Å²) >= 11 is 2.39. The van der Waals surface area contributed by atoms with Crippen molar-refractivity contribution in [1.82, 2.24) is 10.2 Å². The molecule has 0 spiro atoms. The second-order valence-corrected chi connectivity index (χ2v) is 12.5. The van der Waals surface area contributed by atoms with Crippen LogP contribution < -0.4 is 14.4 Å². The zero-order valence-corrected chi connectivity index (χ0v) is 26.4. The Bertz CT molecular complexity index is 1740. The van der Waals surface area contributed by atoms with Crippen molar-refractivity contribution in [3.8, 4) is 11.5 Å². The van der Waals surface area contributed by atoms with Crippen LogP contribution in [0.1, 0.15) is 53.6 Å². The monoisotopic (exact) mass is 633 g/mol. The first-order valence-corrected chi connectivity index (χ1v) is 15.9. The molecule has 1 saturated heterocycles. The Kier molecular flexibility index (Phi) is 9.65. The highest BCUT2D eigenvalue weighted by molar-refractivity contribution is 8.00. The zero-order valence-electron chi connectivity index (χ0n) is 24.8. The first-order chi connectivity index (χ1) is 21.2. The molecule has 2 heterocycles. The van der Waals surface area contributed by atoms with Gasteiger partial charge < -0.3 is 14.6 Å². The van der Waals surface area contributed by atoms with Gasteiger partial charge in [-0.3, -0.25) is 14.5 Å². The van der Waals surface area contributed by atoms with Gasteiger partial charge in [0.05, 0.1) is 25.3 Å². The minimum Gasteiger partial charge on any atom is -0.507 e. The summed E-state index contributed by atoms with van der Waals surface area (Å²) in [6, 6.07) is 16.2. The van der Waals surface area contributed by atoms with Crippen molar-refractivity contribution in [1.29, 1.82) is 0 Å². The second-order valence-electron chi connectivity index (χ2n) is 10.3. The number of hydrogen-bond donors (Lipinski definition) is 1. The van der Waals surface area contributed by atoms with Crippen molar-refractivity contribution in [3.63, 3.8) is 0 Å². The van der Waals surface area contributed by atoms with Crippen LogP contribution in [0.25, 0.3) is 5.76 Å². The van der Waals surface area contributed by atoms with Crippen LogP contribution in [-0.2, 0) is 15.3 Å². The number of aromatic nitrogens is 2. The van der Waals surface area contributed by atoms with Crippen LogP contribution >= 0.6 is 23.1 Å². The van der Waals surface area contributed by atoms with Crippen LogP contribution in [0.4, 0.5) is 9.52 Å². The molecule has 5 rings (SSSR count). The van der Waals surface area contributed by atoms with Gasteiger partial charge in [0.15, 0.2) is 15.8 Å². The fourth-order valence-electron chi connectivity index (χ4n) is 4.89. The number of ketones is 1. The molecular weight excluding hydrogens is 602 g/mol. The van der Waals surface area contributed by atoms with Gasteiger partial charge >= 0.3 is 5.91 Å². The molecule has 1 atom stereocenters. The molecule has 228 valence electrons. The van der Waals surface area contributed by atoms with Gasteiger partial charge in [-0.05, 0) is 61.2 Å². The highest BCUT2D eigenvalue weighted by atomic mass is 32.2. The van der Waals surface area contributed by atoms with Crippen LogP contribution in [0.3, 0.4) is 0 Å². The highest BCUT2D eigenvalue weighted by Crippen LogP contribution is 2.46. The van der Waals surface area contributed by atoms with Gasteiger partial charge in [0.25, 0.3) is 5.78 Å². The number of thioether (sulfide) groups is 1. The van der Waals surface area contributed by atoms with Crippen LogP contribution in [0.15, 0.2) is 70.6 Å². The lowest BCUT2D eigenvalue weighted by Crippen LogP contribution is -2.29. The van der Waals surface area contributed by atoms with Gasteiger partial charge in [-0.2, -0.15) is 0 Å². The molecule has 1 amide bonds. The number of halogens is 1. The number of rotatable bonds is 11. The molecule has 1 aliphatic rings. The third kappa shape index (κ3) is 6.34. The van der Waals surface area contributed by atoms with Crippen molar-refractivity contribution >= 4 is 45.7 Å². The molecule has 0 saturated carbocycles. The van der Waals surface area contributed by atoms with Gasteiger partial charge in [0, 0.05) is 11.3 Å². The summed E-state index contributed by atoms with van der Waals surface area (Å²) in [6.45, 7) is 6.29. The van der Waals surface area contributed by atoms with E-state index in [4.69, 9.17) is 9.47 Å². The number of Topliss-reactive ketones (excluding diaryl/α,β-unsaturated/α-hetero) is 1. The van der Waals surface area contributed by atoms with Gasteiger partial charge in [-0.25, -0.2) is 4.39 Å². The Morgan fingerprint density at radius 1 is 1.07 bits per heavy atom. The van der Waals surface area contributed by atoms with Crippen molar-refractivity contribution in [2.24, 2.45) is 0 Å². The number of hydrogen-bond acceptors (Lipinski definition) is 9. The largest absolute Gasteiger partial charge is 0.507 e. The number of anilines is 1. The normalized spacial score (nSPS) is 16.0. The minimum atomic E-state index is -1.02. The molecule has 1 N–H and O–H groups in total. The molecule has 44 heavy (non-hydrogen) atoms. The number of unbranched alkanes of at least 4 members (excludes halogenated alkanes) is 1. The van der Waals surface area contributed by atoms with Crippen molar-refractivity contribution in [2.45, 2.75) is 49.7 Å². The number of aliphatic hydroxyl groups is 1. The molecule has 1 aromatic heterocycles. The predicted molar refractivity (Wildman–Crippen MR) is 170 cm³/mol. The van der Waals surface area contributed by atoms with E-state index in [1.165, 1.54) is 29.8 Å². The Hall–Kier alpha value is -4.22. The SMILES string of the molecule is CCCCOc1ccc(C2/C(=C(\O)c3cc(C)ccc3C)C(=O)C(=O)N2c2nnc(SCc3ccccc3F)s2)cc1OC. The lowest BCUT2D eigenvalue weighted by molar-refractivity contribution is -0.132. The Labute approximate surface area is 263 Å². The highest BCUT2D eigenvalue weighted by Gasteiger charge is 2.48. The summed E-state index contributed by atoms with van der Waals surface area (Å²) in [7, 11) is 1.52. The van der Waals surface area contributed by atoms with Crippen molar-refractivity contribution < 1.29 is 28.6 Å². The summed E-state index contributed by atoms with van der Waals surface area (Å²) in [4.78, 5) is 28.6. The lowest BCUT2D eigenvalue weighted by atomic mass is 9.93. The van der Waals surface area contributed by atoms with E-state index in [0.717, 1.165) is 35.3 Å². The van der Waals surface area contributed by atoms with E-state index < -0.39 is 17.7 Å². The summed E-state index contributed by atoms with van der Waals surface area (Å²) < 4.78 is 26.2. The summed E-state index contributed by atoms with van der Waals surface area (Å²) in [5, 5.41) is 20.3. The molecule has 1 fully saturated rings. The van der Waals surface area contributed by atoms with Crippen molar-refractivity contribution in [2.75, 3.05) is 18.6 Å². The maximum atomic E-state index is 14.2. The molecule has 11 heteroatoms. The molecule has 1 unspecified atom stereocenters. The Morgan fingerprint density at radius 2 is 1.86 bits per heavy atom. The smallest absolute Gasteiger partial charge is 0.301 e. The van der Waals surface area contributed by atoms with Crippen LogP contribution in [0, 0.1) is 19.7 Å². The molecule has 1 aliphatic heterocycles. The van der Waals surface area contributed by atoms with Crippen LogP contribution in [-0.4, -0.2) is 40.7 Å². The summed E-state index contributed by atoms with van der Waals surface area (Å²) in [5.41, 5.74) is 3.05. The van der Waals surface area contributed by atoms with Gasteiger partial charge in [-0.1, -0.05) is 78.4 Å². The summed E-state index contributed by atoms with van der Waals surface area (Å²) in [6.07, 6.45) is 1.84. The average molecular weight is 634 g/mol. The van der Waals surface area contributed by atoms with E-state index in [9.17, 15) is 19.1 Å². The van der Waals surface area contributed by atoms with E-state index in [2.05, 4.69) is 17.1 Å². The molecule has 0 radical (unpaired) electrons. The molecule has 3 aromatic carbocycles. The van der Waals surface area contributed by atoms with E-state index in [1.807, 2.05) is 26.0 Å². The topological polar surface area (TPSA) is 102 Å². The van der Waals surface area contributed by atoms with E-state index in [-0.39, 0.29) is 22.3 Å². The predicted octanol–water partition coefficient (Wildman–Crippen LogP) is 7.40. The van der Waals surface area contributed by atoms with E-state index >= 15 is 0 Å². The van der Waals surface area contributed by atoms with E-state index in [0.29, 0.717) is 44.9 Å². The third-order valence-electron chi connectivity index (χ3n) is 7.26. The minimum absolute atomic E-state index is 0.0684. The number of ether oxygens (including phenoxy) is 2. The lowest BCUT2D eigenvalue weighted by Gasteiger charge is -2.23. The number of benzene rings is 3. The van der Waals surface area contributed by atoms with E-state index in [1.54, 1.807) is 42.5 Å². The second kappa shape index (κ2) is 13.6. The number of aliphatic hydroxyl groups excluding tert-OH is 1. The standard InChI is InChI=1S/C33H32FN3O5S2/c1-5-6-15-42-25-14-13-21(17-26(25)41-4)28-27(29(38)23-16-19(2)11-12-20(23)3)30(39)31(40)37(28)32-35-36-33(44-32)43-18-22-9-7-8-10-24(22)34/h7-14,16-17,28,38H,5-6,15,18H2,1-4H3/b29-27+. The number of nitrogens with zero attached hydrogens (tertiary/aromatic N) is 3. The molecule has 4 aromatic rings. The maximum Gasteiger partial charge on any atom is 0.301 e. The van der Waals surface area contributed by atoms with Crippen LogP contribution in [0.5, 0.6) is 11.5 Å². The number of carbonyl (C=O) groups excluding carboxylic acids is 2. The molecule has 0 aliphatic carbocycles. The fraction of sp³-hybridized carbons (Fsp3) is 0.273. The average Bonchev–Trinajstić information content (AvgIpc) is 3.59. The van der Waals surface area contributed by atoms with Crippen molar-refractivity contribution in [3.05, 3.63) is 99.9 Å². The number of methoxy groups -OCH3 is 1. The van der Waals surface area contributed by atoms with Gasteiger partial charge in [0.2, 0.25) is 5.13 Å². The first-order valence-electron chi connectivity index (χ1n) is 14.1. The number of carbonyl (C=O) groups is 2. The molecular formula is C33H32FN3O5S2.